The second kappa shape index (κ2) is 7.69. The Morgan fingerprint density at radius 1 is 0.929 bits per heavy atom. The number of anilines is 1. The van der Waals surface area contributed by atoms with E-state index in [1.807, 2.05) is 66.7 Å². The van der Waals surface area contributed by atoms with Gasteiger partial charge in [0.2, 0.25) is 0 Å². The third-order valence-corrected chi connectivity index (χ3v) is 4.95. The summed E-state index contributed by atoms with van der Waals surface area (Å²) in [7, 11) is 0. The summed E-state index contributed by atoms with van der Waals surface area (Å²) in [6, 6.07) is 25.7. The summed E-state index contributed by atoms with van der Waals surface area (Å²) in [5.41, 5.74) is 4.68. The molecule has 3 aromatic rings. The first-order valence-corrected chi connectivity index (χ1v) is 9.51. The predicted molar refractivity (Wildman–Crippen MR) is 114 cm³/mol. The SMILES string of the molecule is CC(C)c1ccc(C=NN2C(=O)c3ccccc3NC2c2ccccc2)cc1. The summed E-state index contributed by atoms with van der Waals surface area (Å²) in [4.78, 5) is 13.1. The Balaban J connectivity index is 1.68. The van der Waals surface area contributed by atoms with Crippen molar-refractivity contribution in [2.24, 2.45) is 5.10 Å². The van der Waals surface area contributed by atoms with E-state index < -0.39 is 0 Å². The summed E-state index contributed by atoms with van der Waals surface area (Å²) < 4.78 is 0. The number of hydrogen-bond donors (Lipinski definition) is 1. The molecule has 0 aromatic heterocycles. The topological polar surface area (TPSA) is 44.7 Å². The average molecular weight is 369 g/mol. The first-order chi connectivity index (χ1) is 13.6. The van der Waals surface area contributed by atoms with E-state index in [0.29, 0.717) is 11.5 Å². The number of nitrogens with zero attached hydrogens (tertiary/aromatic N) is 2. The largest absolute Gasteiger partial charge is 0.359 e. The van der Waals surface area contributed by atoms with Crippen molar-refractivity contribution in [1.82, 2.24) is 5.01 Å². The van der Waals surface area contributed by atoms with Gasteiger partial charge in [-0.05, 0) is 34.7 Å². The lowest BCUT2D eigenvalue weighted by Gasteiger charge is -2.34. The van der Waals surface area contributed by atoms with Crippen molar-refractivity contribution in [2.75, 3.05) is 5.32 Å². The zero-order valence-electron chi connectivity index (χ0n) is 16.0. The molecule has 0 aliphatic carbocycles. The van der Waals surface area contributed by atoms with Crippen LogP contribution >= 0.6 is 0 Å². The van der Waals surface area contributed by atoms with E-state index in [4.69, 9.17) is 0 Å². The highest BCUT2D eigenvalue weighted by Crippen LogP contribution is 2.33. The van der Waals surface area contributed by atoms with Crippen molar-refractivity contribution in [1.29, 1.82) is 0 Å². The van der Waals surface area contributed by atoms with E-state index in [9.17, 15) is 4.79 Å². The Bertz CT molecular complexity index is 994. The average Bonchev–Trinajstić information content (AvgIpc) is 2.74. The van der Waals surface area contributed by atoms with Gasteiger partial charge in [-0.1, -0.05) is 80.6 Å². The molecule has 1 heterocycles. The standard InChI is InChI=1S/C24H23N3O/c1-17(2)19-14-12-18(13-15-19)16-25-27-23(20-8-4-3-5-9-20)26-22-11-7-6-10-21(22)24(27)28/h3-17,23,26H,1-2H3. The van der Waals surface area contributed by atoms with E-state index >= 15 is 0 Å². The lowest BCUT2D eigenvalue weighted by atomic mass is 10.0. The normalized spacial score (nSPS) is 16.3. The van der Waals surface area contributed by atoms with Crippen LogP contribution in [0.3, 0.4) is 0 Å². The van der Waals surface area contributed by atoms with Crippen LogP contribution in [0.25, 0.3) is 0 Å². The maximum Gasteiger partial charge on any atom is 0.278 e. The van der Waals surface area contributed by atoms with Crippen LogP contribution in [-0.2, 0) is 0 Å². The van der Waals surface area contributed by atoms with Gasteiger partial charge in [0.05, 0.1) is 11.8 Å². The second-order valence-electron chi connectivity index (χ2n) is 7.22. The second-order valence-corrected chi connectivity index (χ2v) is 7.22. The van der Waals surface area contributed by atoms with Gasteiger partial charge >= 0.3 is 0 Å². The first kappa shape index (κ1) is 18.0. The Labute approximate surface area is 165 Å². The molecule has 0 fully saturated rings. The van der Waals surface area contributed by atoms with Crippen LogP contribution in [0, 0.1) is 0 Å². The van der Waals surface area contributed by atoms with E-state index in [2.05, 4.69) is 36.4 Å². The zero-order valence-corrected chi connectivity index (χ0v) is 16.0. The Morgan fingerprint density at radius 3 is 2.32 bits per heavy atom. The third kappa shape index (κ3) is 3.54. The molecule has 1 atom stereocenters. The Morgan fingerprint density at radius 2 is 1.61 bits per heavy atom. The number of nitrogens with one attached hydrogen (secondary N) is 1. The van der Waals surface area contributed by atoms with Crippen molar-refractivity contribution in [3.8, 4) is 0 Å². The van der Waals surface area contributed by atoms with Gasteiger partial charge in [-0.3, -0.25) is 4.79 Å². The van der Waals surface area contributed by atoms with Crippen molar-refractivity contribution >= 4 is 17.8 Å². The minimum atomic E-state index is -0.352. The molecule has 4 rings (SSSR count). The van der Waals surface area contributed by atoms with Crippen LogP contribution in [0.15, 0.2) is 84.0 Å². The third-order valence-electron chi connectivity index (χ3n) is 4.95. The van der Waals surface area contributed by atoms with E-state index in [0.717, 1.165) is 16.8 Å². The number of fused-ring (bicyclic) bond motifs is 1. The van der Waals surface area contributed by atoms with Crippen LogP contribution in [-0.4, -0.2) is 17.1 Å². The Hall–Kier alpha value is -3.40. The maximum absolute atomic E-state index is 13.1. The fraction of sp³-hybridized carbons (Fsp3) is 0.167. The summed E-state index contributed by atoms with van der Waals surface area (Å²) in [5.74, 6) is 0.371. The van der Waals surface area contributed by atoms with Crippen LogP contribution in [0.1, 0.15) is 53.0 Å². The van der Waals surface area contributed by atoms with Crippen molar-refractivity contribution in [3.63, 3.8) is 0 Å². The van der Waals surface area contributed by atoms with E-state index in [1.54, 1.807) is 6.21 Å². The number of hydrogen-bond acceptors (Lipinski definition) is 3. The van der Waals surface area contributed by atoms with Gasteiger partial charge in [-0.2, -0.15) is 5.10 Å². The molecule has 0 bridgehead atoms. The van der Waals surface area contributed by atoms with E-state index in [1.165, 1.54) is 10.6 Å². The number of amides is 1. The molecule has 4 nitrogen and oxygen atoms in total. The molecule has 1 N–H and O–H groups in total. The quantitative estimate of drug-likeness (QED) is 0.625. The molecular weight excluding hydrogens is 346 g/mol. The molecule has 1 unspecified atom stereocenters. The zero-order chi connectivity index (χ0) is 19.5. The van der Waals surface area contributed by atoms with Gasteiger partial charge in [0.15, 0.2) is 6.17 Å². The summed E-state index contributed by atoms with van der Waals surface area (Å²) in [6.07, 6.45) is 1.39. The number of benzene rings is 3. The molecule has 1 aliphatic heterocycles. The maximum atomic E-state index is 13.1. The number of hydrazone groups is 1. The first-order valence-electron chi connectivity index (χ1n) is 9.51. The van der Waals surface area contributed by atoms with Gasteiger partial charge in [0, 0.05) is 5.69 Å². The number of para-hydroxylation sites is 1. The molecule has 1 aliphatic rings. The van der Waals surface area contributed by atoms with Gasteiger partial charge < -0.3 is 5.32 Å². The molecule has 3 aromatic carbocycles. The number of carbonyl (C=O) groups is 1. The highest BCUT2D eigenvalue weighted by molar-refractivity contribution is 6.02. The molecule has 1 amide bonds. The van der Waals surface area contributed by atoms with E-state index in [-0.39, 0.29) is 12.1 Å². The lowest BCUT2D eigenvalue weighted by molar-refractivity contribution is 0.0691. The summed E-state index contributed by atoms with van der Waals surface area (Å²) >= 11 is 0. The Kier molecular flexibility index (Phi) is 4.94. The molecule has 28 heavy (non-hydrogen) atoms. The van der Waals surface area contributed by atoms with Crippen LogP contribution in [0.5, 0.6) is 0 Å². The predicted octanol–water partition coefficient (Wildman–Crippen LogP) is 5.41. The van der Waals surface area contributed by atoms with Crippen LogP contribution in [0.4, 0.5) is 5.69 Å². The van der Waals surface area contributed by atoms with Crippen LogP contribution in [0.2, 0.25) is 0 Å². The summed E-state index contributed by atoms with van der Waals surface area (Å²) in [6.45, 7) is 4.34. The smallest absolute Gasteiger partial charge is 0.278 e. The molecule has 0 spiro atoms. The van der Waals surface area contributed by atoms with Gasteiger partial charge in [0.25, 0.3) is 5.91 Å². The highest BCUT2D eigenvalue weighted by Gasteiger charge is 2.32. The monoisotopic (exact) mass is 369 g/mol. The highest BCUT2D eigenvalue weighted by atomic mass is 16.2. The molecule has 0 radical (unpaired) electrons. The van der Waals surface area contributed by atoms with Gasteiger partial charge in [0.1, 0.15) is 0 Å². The fourth-order valence-electron chi connectivity index (χ4n) is 3.32. The van der Waals surface area contributed by atoms with Crippen LogP contribution < -0.4 is 5.32 Å². The molecular formula is C24H23N3O. The summed E-state index contributed by atoms with van der Waals surface area (Å²) in [5, 5.41) is 9.53. The minimum Gasteiger partial charge on any atom is -0.359 e. The fourth-order valence-corrected chi connectivity index (χ4v) is 3.32. The molecule has 140 valence electrons. The molecule has 0 saturated heterocycles. The van der Waals surface area contributed by atoms with Crippen molar-refractivity contribution in [2.45, 2.75) is 25.9 Å². The van der Waals surface area contributed by atoms with Gasteiger partial charge in [-0.25, -0.2) is 5.01 Å². The van der Waals surface area contributed by atoms with Gasteiger partial charge in [-0.15, -0.1) is 0 Å². The van der Waals surface area contributed by atoms with Crippen molar-refractivity contribution in [3.05, 3.63) is 101 Å². The lowest BCUT2D eigenvalue weighted by Crippen LogP contribution is -2.39. The molecule has 4 heteroatoms. The minimum absolute atomic E-state index is 0.113. The molecule has 0 saturated carbocycles. The van der Waals surface area contributed by atoms with Crippen molar-refractivity contribution < 1.29 is 4.79 Å². The number of rotatable bonds is 4. The number of carbonyl (C=O) groups excluding carboxylic acids is 1.